The van der Waals surface area contributed by atoms with Gasteiger partial charge in [0, 0.05) is 65.8 Å². The summed E-state index contributed by atoms with van der Waals surface area (Å²) in [6, 6.07) is 26.9. The number of hydrogen-bond donors (Lipinski definition) is 0. The Bertz CT molecular complexity index is 2410. The molecule has 59 heavy (non-hydrogen) atoms. The van der Waals surface area contributed by atoms with E-state index in [-0.39, 0.29) is 47.1 Å². The molecule has 0 amide bonds. The van der Waals surface area contributed by atoms with E-state index in [9.17, 15) is 10.2 Å². The fourth-order valence-corrected chi connectivity index (χ4v) is 7.54. The number of pyridine rings is 6. The summed E-state index contributed by atoms with van der Waals surface area (Å²) in [7, 11) is 0. The van der Waals surface area contributed by atoms with Gasteiger partial charge in [-0.25, -0.2) is 0 Å². The van der Waals surface area contributed by atoms with Gasteiger partial charge in [-0.2, -0.15) is 0 Å². The second-order valence-electron chi connectivity index (χ2n) is 12.2. The predicted octanol–water partition coefficient (Wildman–Crippen LogP) is 10.9. The van der Waals surface area contributed by atoms with E-state index in [2.05, 4.69) is 121 Å². The summed E-state index contributed by atoms with van der Waals surface area (Å²) in [4.78, 5) is 33.5. The Morgan fingerprint density at radius 2 is 0.712 bits per heavy atom. The van der Waals surface area contributed by atoms with Crippen molar-refractivity contribution in [2.24, 2.45) is 0 Å². The molecule has 0 aliphatic rings. The van der Waals surface area contributed by atoms with Gasteiger partial charge < -0.3 is 25.5 Å². The molecule has 0 atom stereocenters. The van der Waals surface area contributed by atoms with E-state index in [0.717, 1.165) is 42.5 Å². The fourth-order valence-electron chi connectivity index (χ4n) is 5.00. The summed E-state index contributed by atoms with van der Waals surface area (Å²) in [6.45, 7) is 8.23. The van der Waals surface area contributed by atoms with E-state index < -0.39 is 5.09 Å². The molecular formula is C42H32Br4LaN7O5. The maximum atomic E-state index is 11.6. The quantitative estimate of drug-likeness (QED) is 0.118. The Kier molecular flexibility index (Phi) is 20.1. The zero-order valence-electron chi connectivity index (χ0n) is 31.8. The number of aromatic nitrogens is 6. The van der Waals surface area contributed by atoms with Gasteiger partial charge in [-0.3, -0.25) is 29.9 Å². The summed E-state index contributed by atoms with van der Waals surface area (Å²) in [6.07, 6.45) is 10.5. The van der Waals surface area contributed by atoms with Crippen LogP contribution in [0.25, 0.3) is 44.6 Å². The van der Waals surface area contributed by atoms with Gasteiger partial charge in [0.05, 0.1) is 38.9 Å². The number of hydrogen-bond acceptors (Lipinski definition) is 11. The molecule has 12 nitrogen and oxygen atoms in total. The molecule has 0 aliphatic carbocycles. The van der Waals surface area contributed by atoms with E-state index >= 15 is 0 Å². The smallest absolute Gasteiger partial charge is 0.870 e. The van der Waals surface area contributed by atoms with Crippen LogP contribution in [-0.4, -0.2) is 35.0 Å². The molecular weight excluding hydrogens is 1140 g/mol. The summed E-state index contributed by atoms with van der Waals surface area (Å²) in [5, 5.41) is 39.5. The molecule has 2 aromatic carbocycles. The van der Waals surface area contributed by atoms with Crippen LogP contribution in [0.1, 0.15) is 22.3 Å². The minimum absolute atomic E-state index is 0. The molecule has 0 saturated heterocycles. The second-order valence-corrected chi connectivity index (χ2v) is 15.7. The molecule has 8 rings (SSSR count). The van der Waals surface area contributed by atoms with Crippen LogP contribution in [-0.2, 0) is 0 Å². The van der Waals surface area contributed by atoms with Gasteiger partial charge in [-0.15, -0.1) is 0 Å². The standard InChI is InChI=1S/2C12H12N2.2C9H5Br2NO.La.NO3/c2*1-9-3-5-13-11(7-9)12-8-10(2)4-6-14-12;2*10-6-4-7(11)9(13)8-5(6)2-1-3-12-8;;2-1(3)4/h2*3-8H,1-2H3;2*1-4,13H;;/q;;;;+3;-1/p-2. The molecule has 6 heterocycles. The van der Waals surface area contributed by atoms with Gasteiger partial charge in [0.25, 0.3) is 0 Å². The van der Waals surface area contributed by atoms with Crippen LogP contribution in [0.2, 0.25) is 0 Å². The van der Waals surface area contributed by atoms with Crippen LogP contribution in [0, 0.1) is 78.6 Å². The number of rotatable bonds is 2. The third kappa shape index (κ3) is 15.1. The van der Waals surface area contributed by atoms with Crippen molar-refractivity contribution in [2.45, 2.75) is 27.7 Å². The molecule has 17 heteroatoms. The first-order chi connectivity index (χ1) is 27.6. The minimum Gasteiger partial charge on any atom is -0.870 e. The maximum absolute atomic E-state index is 11.6. The average molecular weight is 1170 g/mol. The van der Waals surface area contributed by atoms with Crippen molar-refractivity contribution >= 4 is 85.5 Å². The van der Waals surface area contributed by atoms with Gasteiger partial charge in [-0.05, 0) is 123 Å². The van der Waals surface area contributed by atoms with E-state index in [1.54, 1.807) is 36.7 Å². The van der Waals surface area contributed by atoms with E-state index in [1.807, 2.05) is 85.5 Å². The van der Waals surface area contributed by atoms with Gasteiger partial charge in [0.15, 0.2) is 0 Å². The van der Waals surface area contributed by atoms with Crippen LogP contribution in [0.5, 0.6) is 11.5 Å². The summed E-state index contributed by atoms with van der Waals surface area (Å²) in [5.41, 5.74) is 9.56. The Morgan fingerprint density at radius 3 is 0.966 bits per heavy atom. The SMILES string of the molecule is Cc1ccnc(-c2cc(C)ccn2)c1.Cc1ccnc(-c2cc(C)ccn2)c1.O=[N+]([O-])[O-].[La+3].[O-]c1c(Br)cc(Br)c2cccnc12.[O-]c1c(Br)cc(Br)c2cccnc12. The minimum atomic E-state index is -1.75. The molecule has 0 fully saturated rings. The normalized spacial score (nSPS) is 9.90. The maximum Gasteiger partial charge on any atom is 3.00 e. The number of aryl methyl sites for hydroxylation is 4. The Hall–Kier alpha value is -4.23. The van der Waals surface area contributed by atoms with E-state index in [0.29, 0.717) is 20.0 Å². The van der Waals surface area contributed by atoms with Crippen LogP contribution in [0.4, 0.5) is 0 Å². The average Bonchev–Trinajstić information content (AvgIpc) is 3.20. The molecule has 0 radical (unpaired) electrons. The fraction of sp³-hybridized carbons (Fsp3) is 0.0952. The first-order valence-electron chi connectivity index (χ1n) is 17.0. The van der Waals surface area contributed by atoms with Gasteiger partial charge in [-0.1, -0.05) is 87.4 Å². The third-order valence-electron chi connectivity index (χ3n) is 7.69. The zero-order chi connectivity index (χ0) is 42.4. The Balaban J connectivity index is 0.000000203. The molecule has 0 N–H and O–H groups in total. The number of benzene rings is 2. The number of halogens is 4. The molecule has 0 aliphatic heterocycles. The number of fused-ring (bicyclic) bond motifs is 2. The first-order valence-corrected chi connectivity index (χ1v) is 20.1. The van der Waals surface area contributed by atoms with Crippen LogP contribution in [0.15, 0.2) is 140 Å². The van der Waals surface area contributed by atoms with Gasteiger partial charge >= 0.3 is 35.6 Å². The molecule has 296 valence electrons. The van der Waals surface area contributed by atoms with Crippen molar-refractivity contribution in [2.75, 3.05) is 0 Å². The van der Waals surface area contributed by atoms with Gasteiger partial charge in [0.2, 0.25) is 0 Å². The zero-order valence-corrected chi connectivity index (χ0v) is 41.8. The predicted molar refractivity (Wildman–Crippen MR) is 237 cm³/mol. The summed E-state index contributed by atoms with van der Waals surface area (Å²) < 4.78 is 2.82. The number of nitrogens with zero attached hydrogens (tertiary/aromatic N) is 7. The molecule has 0 unspecified atom stereocenters. The van der Waals surface area contributed by atoms with Crippen molar-refractivity contribution < 1.29 is 50.9 Å². The molecule has 0 spiro atoms. The molecule has 0 bridgehead atoms. The van der Waals surface area contributed by atoms with Crippen LogP contribution >= 0.6 is 63.7 Å². The first kappa shape index (κ1) is 49.1. The summed E-state index contributed by atoms with van der Waals surface area (Å²) in [5.74, 6) is -0.141. The van der Waals surface area contributed by atoms with Crippen molar-refractivity contribution in [1.29, 1.82) is 0 Å². The molecule has 0 saturated carbocycles. The Morgan fingerprint density at radius 1 is 0.441 bits per heavy atom. The van der Waals surface area contributed by atoms with Crippen molar-refractivity contribution in [3.05, 3.63) is 178 Å². The van der Waals surface area contributed by atoms with Crippen molar-refractivity contribution in [3.8, 4) is 34.3 Å². The van der Waals surface area contributed by atoms with Gasteiger partial charge in [0.1, 0.15) is 0 Å². The Labute approximate surface area is 401 Å². The third-order valence-corrected chi connectivity index (χ3v) is 10.2. The second kappa shape index (κ2) is 24.1. The topological polar surface area (TPSA) is 190 Å². The molecule has 8 aromatic rings. The van der Waals surface area contributed by atoms with Crippen LogP contribution in [0.3, 0.4) is 0 Å². The van der Waals surface area contributed by atoms with Crippen molar-refractivity contribution in [3.63, 3.8) is 0 Å². The van der Waals surface area contributed by atoms with Crippen LogP contribution < -0.4 is 10.2 Å². The molecule has 6 aromatic heterocycles. The largest absolute Gasteiger partial charge is 3.00 e. The van der Waals surface area contributed by atoms with E-state index in [4.69, 9.17) is 15.3 Å². The van der Waals surface area contributed by atoms with E-state index in [1.165, 1.54) is 22.3 Å². The van der Waals surface area contributed by atoms with Crippen molar-refractivity contribution in [1.82, 2.24) is 29.9 Å². The monoisotopic (exact) mass is 1170 g/mol. The summed E-state index contributed by atoms with van der Waals surface area (Å²) >= 11 is 13.1.